The lowest BCUT2D eigenvalue weighted by molar-refractivity contribution is 0.0951. The van der Waals surface area contributed by atoms with Crippen molar-refractivity contribution in [3.8, 4) is 5.69 Å². The Hall–Kier alpha value is -2.93. The van der Waals surface area contributed by atoms with Crippen LogP contribution in [-0.4, -0.2) is 22.0 Å². The number of anilines is 1. The molecule has 144 valence electrons. The number of amides is 1. The molecule has 2 heterocycles. The van der Waals surface area contributed by atoms with Crippen LogP contribution in [0.5, 0.6) is 0 Å². The topological polar surface area (TPSA) is 90.0 Å². The van der Waals surface area contributed by atoms with Gasteiger partial charge in [-0.05, 0) is 55.0 Å². The van der Waals surface area contributed by atoms with Gasteiger partial charge in [-0.3, -0.25) is 14.2 Å². The molecule has 0 bridgehead atoms. The fourth-order valence-corrected chi connectivity index (χ4v) is 4.34. The first-order valence-corrected chi connectivity index (χ1v) is 10.2. The van der Waals surface area contributed by atoms with E-state index < -0.39 is 0 Å². The van der Waals surface area contributed by atoms with E-state index in [1.807, 2.05) is 23.6 Å². The summed E-state index contributed by atoms with van der Waals surface area (Å²) in [5, 5.41) is 5.23. The molecule has 1 aliphatic carbocycles. The van der Waals surface area contributed by atoms with Crippen LogP contribution in [0.1, 0.15) is 39.2 Å². The van der Waals surface area contributed by atoms with Crippen molar-refractivity contribution in [1.82, 2.24) is 14.9 Å². The summed E-state index contributed by atoms with van der Waals surface area (Å²) < 4.78 is 1.60. The van der Waals surface area contributed by atoms with E-state index in [9.17, 15) is 9.59 Å². The van der Waals surface area contributed by atoms with E-state index in [4.69, 9.17) is 5.73 Å². The van der Waals surface area contributed by atoms with Gasteiger partial charge in [-0.1, -0.05) is 12.1 Å². The number of rotatable bonds is 5. The summed E-state index contributed by atoms with van der Waals surface area (Å²) in [6.45, 7) is 2.19. The third kappa shape index (κ3) is 3.45. The largest absolute Gasteiger partial charge is 0.375 e. The molecule has 1 aromatic carbocycles. The van der Waals surface area contributed by atoms with Crippen LogP contribution in [0.15, 0.2) is 40.6 Å². The Morgan fingerprint density at radius 1 is 1.32 bits per heavy atom. The molecule has 0 atom stereocenters. The first-order chi connectivity index (χ1) is 13.5. The first kappa shape index (κ1) is 18.4. The van der Waals surface area contributed by atoms with E-state index in [1.54, 1.807) is 17.7 Å². The lowest BCUT2D eigenvalue weighted by atomic mass is 10.1. The molecule has 1 amide bonds. The summed E-state index contributed by atoms with van der Waals surface area (Å²) in [4.78, 5) is 30.1. The fourth-order valence-electron chi connectivity index (χ4n) is 3.75. The van der Waals surface area contributed by atoms with Gasteiger partial charge in [0.05, 0.1) is 11.4 Å². The first-order valence-electron chi connectivity index (χ1n) is 9.36. The van der Waals surface area contributed by atoms with Gasteiger partial charge in [0.2, 0.25) is 0 Å². The molecule has 0 aliphatic heterocycles. The number of hydrogen-bond acceptors (Lipinski definition) is 5. The molecule has 6 nitrogen and oxygen atoms in total. The standard InChI is InChI=1S/C21H22N4O2S/c1-13-9-11-25(17-7-3-5-14-4-2-6-16(14)17)20(27)18(13)19(26)23-10-8-15-12-28-21(22)24-15/h3,5,7,9,11-12H,2,4,6,8,10H2,1H3,(H2,22,24)(H,23,26). The van der Waals surface area contributed by atoms with E-state index >= 15 is 0 Å². The van der Waals surface area contributed by atoms with Crippen molar-refractivity contribution in [2.75, 3.05) is 12.3 Å². The van der Waals surface area contributed by atoms with Crippen molar-refractivity contribution in [2.24, 2.45) is 0 Å². The van der Waals surface area contributed by atoms with E-state index in [2.05, 4.69) is 16.4 Å². The Labute approximate surface area is 167 Å². The van der Waals surface area contributed by atoms with Crippen molar-refractivity contribution in [1.29, 1.82) is 0 Å². The molecular weight excluding hydrogens is 372 g/mol. The number of nitrogens with two attached hydrogens (primary N) is 1. The van der Waals surface area contributed by atoms with Crippen molar-refractivity contribution >= 4 is 22.4 Å². The minimum Gasteiger partial charge on any atom is -0.375 e. The number of aryl methyl sites for hydroxylation is 2. The third-order valence-corrected chi connectivity index (χ3v) is 5.87. The number of pyridine rings is 1. The summed E-state index contributed by atoms with van der Waals surface area (Å²) in [7, 11) is 0. The molecule has 0 radical (unpaired) electrons. The predicted octanol–water partition coefficient (Wildman–Crippen LogP) is 2.65. The smallest absolute Gasteiger partial charge is 0.268 e. The summed E-state index contributed by atoms with van der Waals surface area (Å²) in [6, 6.07) is 7.87. The maximum absolute atomic E-state index is 13.1. The molecule has 28 heavy (non-hydrogen) atoms. The number of benzene rings is 1. The van der Waals surface area contributed by atoms with Crippen molar-refractivity contribution in [2.45, 2.75) is 32.6 Å². The van der Waals surface area contributed by atoms with Gasteiger partial charge in [-0.15, -0.1) is 11.3 Å². The summed E-state index contributed by atoms with van der Waals surface area (Å²) in [5.74, 6) is -0.354. The number of nitrogens with zero attached hydrogens (tertiary/aromatic N) is 2. The number of fused-ring (bicyclic) bond motifs is 1. The van der Waals surface area contributed by atoms with Crippen LogP contribution in [0.2, 0.25) is 0 Å². The molecule has 0 saturated heterocycles. The normalized spacial score (nSPS) is 12.8. The predicted molar refractivity (Wildman–Crippen MR) is 111 cm³/mol. The van der Waals surface area contributed by atoms with Crippen molar-refractivity contribution in [3.63, 3.8) is 0 Å². The Morgan fingerprint density at radius 3 is 2.96 bits per heavy atom. The molecule has 0 unspecified atom stereocenters. The second kappa shape index (κ2) is 7.59. The molecule has 4 rings (SSSR count). The Kier molecular flexibility index (Phi) is 5.00. The highest BCUT2D eigenvalue weighted by Crippen LogP contribution is 2.27. The van der Waals surface area contributed by atoms with E-state index in [0.717, 1.165) is 30.6 Å². The monoisotopic (exact) mass is 394 g/mol. The molecule has 2 aromatic heterocycles. The van der Waals surface area contributed by atoms with Gasteiger partial charge < -0.3 is 11.1 Å². The van der Waals surface area contributed by atoms with Crippen molar-refractivity contribution < 1.29 is 4.79 Å². The highest BCUT2D eigenvalue weighted by molar-refractivity contribution is 7.13. The Balaban J connectivity index is 1.59. The van der Waals surface area contributed by atoms with E-state index in [-0.39, 0.29) is 17.0 Å². The number of carbonyl (C=O) groups is 1. The second-order valence-corrected chi connectivity index (χ2v) is 7.89. The van der Waals surface area contributed by atoms with Gasteiger partial charge in [-0.25, -0.2) is 4.98 Å². The van der Waals surface area contributed by atoms with Gasteiger partial charge in [0, 0.05) is 24.5 Å². The van der Waals surface area contributed by atoms with E-state index in [1.165, 1.54) is 22.5 Å². The van der Waals surface area contributed by atoms with Gasteiger partial charge >= 0.3 is 0 Å². The number of nitrogen functional groups attached to an aromatic ring is 1. The average molecular weight is 395 g/mol. The number of thiazole rings is 1. The Morgan fingerprint density at radius 2 is 2.18 bits per heavy atom. The lowest BCUT2D eigenvalue weighted by Crippen LogP contribution is -2.34. The van der Waals surface area contributed by atoms with Gasteiger partial charge in [0.25, 0.3) is 11.5 Å². The zero-order valence-electron chi connectivity index (χ0n) is 15.7. The molecule has 7 heteroatoms. The van der Waals surface area contributed by atoms with Crippen LogP contribution in [0.25, 0.3) is 5.69 Å². The fraction of sp³-hybridized carbons (Fsp3) is 0.286. The highest BCUT2D eigenvalue weighted by Gasteiger charge is 2.20. The molecule has 0 saturated carbocycles. The summed E-state index contributed by atoms with van der Waals surface area (Å²) >= 11 is 1.37. The van der Waals surface area contributed by atoms with Crippen LogP contribution >= 0.6 is 11.3 Å². The Bertz CT molecular complexity index is 1100. The maximum atomic E-state index is 13.1. The lowest BCUT2D eigenvalue weighted by Gasteiger charge is -2.14. The zero-order valence-corrected chi connectivity index (χ0v) is 16.5. The third-order valence-electron chi connectivity index (χ3n) is 5.14. The average Bonchev–Trinajstić information content (AvgIpc) is 3.30. The quantitative estimate of drug-likeness (QED) is 0.696. The van der Waals surface area contributed by atoms with Crippen LogP contribution in [0.4, 0.5) is 5.13 Å². The maximum Gasteiger partial charge on any atom is 0.268 e. The van der Waals surface area contributed by atoms with Crippen LogP contribution in [0.3, 0.4) is 0 Å². The number of carbonyl (C=O) groups excluding carboxylic acids is 1. The minimum atomic E-state index is -0.354. The van der Waals surface area contributed by atoms with Crippen LogP contribution in [-0.2, 0) is 19.3 Å². The molecule has 1 aliphatic rings. The summed E-state index contributed by atoms with van der Waals surface area (Å²) in [5.41, 5.74) is 10.4. The summed E-state index contributed by atoms with van der Waals surface area (Å²) in [6.07, 6.45) is 5.44. The second-order valence-electron chi connectivity index (χ2n) is 7.00. The number of nitrogens with one attached hydrogen (secondary N) is 1. The molecule has 3 N–H and O–H groups in total. The van der Waals surface area contributed by atoms with E-state index in [0.29, 0.717) is 23.7 Å². The van der Waals surface area contributed by atoms with Crippen LogP contribution in [0, 0.1) is 6.92 Å². The van der Waals surface area contributed by atoms with Crippen molar-refractivity contribution in [3.05, 3.63) is 74.1 Å². The number of hydrogen-bond donors (Lipinski definition) is 2. The zero-order chi connectivity index (χ0) is 19.7. The molecule has 0 fully saturated rings. The SMILES string of the molecule is Cc1ccn(-c2cccc3c2CCC3)c(=O)c1C(=O)NCCc1csc(N)n1. The number of aromatic nitrogens is 2. The van der Waals surface area contributed by atoms with Gasteiger partial charge in [-0.2, -0.15) is 0 Å². The van der Waals surface area contributed by atoms with Gasteiger partial charge in [0.15, 0.2) is 5.13 Å². The molecule has 0 spiro atoms. The van der Waals surface area contributed by atoms with Gasteiger partial charge in [0.1, 0.15) is 5.56 Å². The highest BCUT2D eigenvalue weighted by atomic mass is 32.1. The van der Waals surface area contributed by atoms with Crippen LogP contribution < -0.4 is 16.6 Å². The molecule has 3 aromatic rings. The minimum absolute atomic E-state index is 0.191. The molecular formula is C21H22N4O2S.